The first kappa shape index (κ1) is 20.0. The van der Waals surface area contributed by atoms with E-state index in [0.717, 1.165) is 55.2 Å². The van der Waals surface area contributed by atoms with E-state index in [-0.39, 0.29) is 5.82 Å². The Labute approximate surface area is 155 Å². The Bertz CT molecular complexity index is 531. The van der Waals surface area contributed by atoms with Crippen molar-refractivity contribution in [2.45, 2.75) is 25.2 Å². The van der Waals surface area contributed by atoms with E-state index in [1.807, 2.05) is 19.2 Å². The number of benzene rings is 1. The Morgan fingerprint density at radius 1 is 1.32 bits per heavy atom. The van der Waals surface area contributed by atoms with Gasteiger partial charge in [-0.15, -0.1) is 11.8 Å². The number of aliphatic imine (C=N–C) groups is 1. The molecule has 0 saturated carbocycles. The zero-order valence-electron chi connectivity index (χ0n) is 15.7. The highest BCUT2D eigenvalue weighted by molar-refractivity contribution is 7.99. The van der Waals surface area contributed by atoms with Crippen molar-refractivity contribution in [3.8, 4) is 0 Å². The second-order valence-corrected chi connectivity index (χ2v) is 7.53. The van der Waals surface area contributed by atoms with E-state index in [4.69, 9.17) is 0 Å². The summed E-state index contributed by atoms with van der Waals surface area (Å²) in [5, 5.41) is 3.46. The minimum atomic E-state index is -0.184. The van der Waals surface area contributed by atoms with Gasteiger partial charge in [-0.1, -0.05) is 13.8 Å². The van der Waals surface area contributed by atoms with Gasteiger partial charge in [0.05, 0.1) is 0 Å². The van der Waals surface area contributed by atoms with Gasteiger partial charge in [0.15, 0.2) is 5.96 Å². The van der Waals surface area contributed by atoms with Gasteiger partial charge in [0, 0.05) is 43.9 Å². The number of guanidine groups is 1. The average molecular weight is 367 g/mol. The molecular formula is C19H31FN4S. The zero-order chi connectivity index (χ0) is 18.1. The Morgan fingerprint density at radius 2 is 2.04 bits per heavy atom. The van der Waals surface area contributed by atoms with Crippen LogP contribution >= 0.6 is 11.8 Å². The third kappa shape index (κ3) is 6.51. The second kappa shape index (κ2) is 10.7. The molecule has 1 N–H and O–H groups in total. The van der Waals surface area contributed by atoms with E-state index in [2.05, 4.69) is 34.0 Å². The summed E-state index contributed by atoms with van der Waals surface area (Å²) in [5.74, 6) is 2.48. The van der Waals surface area contributed by atoms with Gasteiger partial charge in [-0.05, 0) is 49.7 Å². The first-order valence-electron chi connectivity index (χ1n) is 9.22. The van der Waals surface area contributed by atoms with Crippen molar-refractivity contribution in [2.75, 3.05) is 52.1 Å². The first-order valence-corrected chi connectivity index (χ1v) is 10.2. The normalized spacial score (nSPS) is 18.2. The highest BCUT2D eigenvalue weighted by atomic mass is 32.2. The van der Waals surface area contributed by atoms with E-state index in [9.17, 15) is 4.39 Å². The van der Waals surface area contributed by atoms with Gasteiger partial charge >= 0.3 is 0 Å². The fourth-order valence-corrected chi connectivity index (χ4v) is 3.98. The van der Waals surface area contributed by atoms with Crippen LogP contribution < -0.4 is 5.32 Å². The summed E-state index contributed by atoms with van der Waals surface area (Å²) in [6, 6.07) is 6.67. The van der Waals surface area contributed by atoms with Gasteiger partial charge in [-0.3, -0.25) is 4.99 Å². The monoisotopic (exact) mass is 366 g/mol. The molecule has 0 spiro atoms. The summed E-state index contributed by atoms with van der Waals surface area (Å²) in [6.07, 6.45) is 1.24. The molecule has 0 aliphatic carbocycles. The number of likely N-dealkylation sites (tertiary alicyclic amines) is 1. The Hall–Kier alpha value is -1.27. The molecule has 0 radical (unpaired) electrons. The summed E-state index contributed by atoms with van der Waals surface area (Å²) >= 11 is 1.73. The number of nitrogens with one attached hydrogen (secondary N) is 1. The van der Waals surface area contributed by atoms with Crippen LogP contribution in [-0.2, 0) is 0 Å². The Morgan fingerprint density at radius 3 is 2.68 bits per heavy atom. The maximum Gasteiger partial charge on any atom is 0.193 e. The summed E-state index contributed by atoms with van der Waals surface area (Å²) < 4.78 is 12.9. The molecule has 1 saturated heterocycles. The SMILES string of the molecule is CCN(CC)CC1CCN(C(=NC)NCCSc2ccc(F)cc2)C1. The number of hydrogen-bond acceptors (Lipinski definition) is 3. The highest BCUT2D eigenvalue weighted by Gasteiger charge is 2.25. The topological polar surface area (TPSA) is 30.9 Å². The van der Waals surface area contributed by atoms with Crippen LogP contribution in [0.3, 0.4) is 0 Å². The lowest BCUT2D eigenvalue weighted by atomic mass is 10.1. The third-order valence-electron chi connectivity index (χ3n) is 4.68. The van der Waals surface area contributed by atoms with Crippen LogP contribution in [0.4, 0.5) is 4.39 Å². The van der Waals surface area contributed by atoms with Crippen LogP contribution in [0.1, 0.15) is 20.3 Å². The van der Waals surface area contributed by atoms with Gasteiger partial charge in [0.25, 0.3) is 0 Å². The molecule has 1 unspecified atom stereocenters. The van der Waals surface area contributed by atoms with Crippen LogP contribution in [0.5, 0.6) is 0 Å². The minimum absolute atomic E-state index is 0.184. The lowest BCUT2D eigenvalue weighted by molar-refractivity contribution is 0.255. The van der Waals surface area contributed by atoms with E-state index in [1.165, 1.54) is 25.1 Å². The predicted octanol–water partition coefficient (Wildman–Crippen LogP) is 3.16. The van der Waals surface area contributed by atoms with E-state index >= 15 is 0 Å². The maximum absolute atomic E-state index is 12.9. The van der Waals surface area contributed by atoms with Crippen molar-refractivity contribution in [2.24, 2.45) is 10.9 Å². The van der Waals surface area contributed by atoms with Crippen LogP contribution in [0.25, 0.3) is 0 Å². The molecule has 25 heavy (non-hydrogen) atoms. The minimum Gasteiger partial charge on any atom is -0.355 e. The molecule has 6 heteroatoms. The van der Waals surface area contributed by atoms with Crippen molar-refractivity contribution in [1.82, 2.24) is 15.1 Å². The fraction of sp³-hybridized carbons (Fsp3) is 0.632. The van der Waals surface area contributed by atoms with Crippen LogP contribution in [-0.4, -0.2) is 67.8 Å². The zero-order valence-corrected chi connectivity index (χ0v) is 16.5. The molecule has 1 heterocycles. The molecule has 1 fully saturated rings. The summed E-state index contributed by atoms with van der Waals surface area (Å²) in [6.45, 7) is 10.9. The molecule has 140 valence electrons. The van der Waals surface area contributed by atoms with Gasteiger partial charge in [0.1, 0.15) is 5.82 Å². The Balaban J connectivity index is 1.71. The Kier molecular flexibility index (Phi) is 8.55. The molecule has 0 amide bonds. The lowest BCUT2D eigenvalue weighted by Crippen LogP contribution is -2.41. The van der Waals surface area contributed by atoms with Crippen molar-refractivity contribution in [3.05, 3.63) is 30.1 Å². The van der Waals surface area contributed by atoms with Gasteiger partial charge in [0.2, 0.25) is 0 Å². The summed E-state index contributed by atoms with van der Waals surface area (Å²) in [5.41, 5.74) is 0. The number of rotatable bonds is 8. The molecule has 1 aliphatic heterocycles. The lowest BCUT2D eigenvalue weighted by Gasteiger charge is -2.24. The average Bonchev–Trinajstić information content (AvgIpc) is 3.09. The van der Waals surface area contributed by atoms with Crippen molar-refractivity contribution >= 4 is 17.7 Å². The predicted molar refractivity (Wildman–Crippen MR) is 106 cm³/mol. The molecule has 2 rings (SSSR count). The molecule has 1 aromatic rings. The maximum atomic E-state index is 12.9. The smallest absolute Gasteiger partial charge is 0.193 e. The van der Waals surface area contributed by atoms with Crippen LogP contribution in [0.15, 0.2) is 34.2 Å². The van der Waals surface area contributed by atoms with Gasteiger partial charge < -0.3 is 15.1 Å². The van der Waals surface area contributed by atoms with Gasteiger partial charge in [-0.2, -0.15) is 0 Å². The number of thioether (sulfide) groups is 1. The highest BCUT2D eigenvalue weighted by Crippen LogP contribution is 2.19. The largest absolute Gasteiger partial charge is 0.355 e. The second-order valence-electron chi connectivity index (χ2n) is 6.36. The summed E-state index contributed by atoms with van der Waals surface area (Å²) in [4.78, 5) is 10.4. The standard InChI is InChI=1S/C19H31FN4S/c1-4-23(5-2)14-16-10-12-24(15-16)19(21-3)22-11-13-25-18-8-6-17(20)7-9-18/h6-9,16H,4-5,10-15H2,1-3H3,(H,21,22). The molecular weight excluding hydrogens is 335 g/mol. The third-order valence-corrected chi connectivity index (χ3v) is 5.69. The van der Waals surface area contributed by atoms with E-state index < -0.39 is 0 Å². The summed E-state index contributed by atoms with van der Waals surface area (Å²) in [7, 11) is 1.85. The number of hydrogen-bond donors (Lipinski definition) is 1. The molecule has 1 atom stereocenters. The molecule has 0 bridgehead atoms. The number of nitrogens with zero attached hydrogens (tertiary/aromatic N) is 3. The van der Waals surface area contributed by atoms with Crippen molar-refractivity contribution < 1.29 is 4.39 Å². The number of halogens is 1. The van der Waals surface area contributed by atoms with Crippen LogP contribution in [0.2, 0.25) is 0 Å². The fourth-order valence-electron chi connectivity index (χ4n) is 3.22. The van der Waals surface area contributed by atoms with E-state index in [1.54, 1.807) is 11.8 Å². The molecule has 1 aromatic carbocycles. The van der Waals surface area contributed by atoms with Crippen LogP contribution in [0, 0.1) is 11.7 Å². The van der Waals surface area contributed by atoms with Crippen molar-refractivity contribution in [3.63, 3.8) is 0 Å². The quantitative estimate of drug-likeness (QED) is 0.331. The molecule has 1 aliphatic rings. The molecule has 4 nitrogen and oxygen atoms in total. The first-order chi connectivity index (χ1) is 12.2. The van der Waals surface area contributed by atoms with E-state index in [0.29, 0.717) is 0 Å². The molecule has 0 aromatic heterocycles. The van der Waals surface area contributed by atoms with Gasteiger partial charge in [-0.25, -0.2) is 4.39 Å². The van der Waals surface area contributed by atoms with Crippen molar-refractivity contribution in [1.29, 1.82) is 0 Å².